The van der Waals surface area contributed by atoms with Crippen molar-refractivity contribution in [3.63, 3.8) is 0 Å². The standard InChI is InChI=1S/C19H18N2S2.CH2O2/c22-17(15-8-3-6-13-5-1-2-7-14(13)15)16-9-12-23-18(16)19-20-10-4-11-21-19;2-1-3/h1-3,5-9,12,17,22H,4,10-11H2,(H,20,21);1H,(H,2,3). The Morgan fingerprint density at radius 3 is 2.69 bits per heavy atom. The molecule has 134 valence electrons. The molecule has 6 heteroatoms. The van der Waals surface area contributed by atoms with Crippen LogP contribution in [0, 0.1) is 0 Å². The predicted molar refractivity (Wildman–Crippen MR) is 112 cm³/mol. The van der Waals surface area contributed by atoms with Crippen LogP contribution in [0.1, 0.15) is 27.7 Å². The lowest BCUT2D eigenvalue weighted by molar-refractivity contribution is -0.122. The van der Waals surface area contributed by atoms with Crippen molar-refractivity contribution < 1.29 is 9.90 Å². The highest BCUT2D eigenvalue weighted by Gasteiger charge is 2.20. The first-order chi connectivity index (χ1) is 12.8. The fourth-order valence-corrected chi connectivity index (χ4v) is 4.52. The molecule has 0 saturated heterocycles. The van der Waals surface area contributed by atoms with E-state index in [2.05, 4.69) is 64.2 Å². The lowest BCUT2D eigenvalue weighted by atomic mass is 9.98. The second-order valence-corrected chi connectivity index (χ2v) is 7.22. The fourth-order valence-electron chi connectivity index (χ4n) is 3.07. The van der Waals surface area contributed by atoms with Crippen molar-refractivity contribution in [3.8, 4) is 0 Å². The van der Waals surface area contributed by atoms with E-state index in [0.29, 0.717) is 0 Å². The maximum absolute atomic E-state index is 8.36. The molecule has 4 nitrogen and oxygen atoms in total. The van der Waals surface area contributed by atoms with Crippen molar-refractivity contribution in [2.24, 2.45) is 4.99 Å². The summed E-state index contributed by atoms with van der Waals surface area (Å²) in [6.07, 6.45) is 1.11. The summed E-state index contributed by atoms with van der Waals surface area (Å²) in [5.41, 5.74) is 2.49. The van der Waals surface area contributed by atoms with E-state index in [-0.39, 0.29) is 11.7 Å². The highest BCUT2D eigenvalue weighted by atomic mass is 32.1. The first-order valence-electron chi connectivity index (χ1n) is 8.36. The largest absolute Gasteiger partial charge is 0.483 e. The third-order valence-electron chi connectivity index (χ3n) is 4.22. The molecule has 0 amide bonds. The van der Waals surface area contributed by atoms with Gasteiger partial charge >= 0.3 is 0 Å². The van der Waals surface area contributed by atoms with Crippen LogP contribution in [0.5, 0.6) is 0 Å². The number of benzene rings is 2. The fraction of sp³-hybridized carbons (Fsp3) is 0.200. The summed E-state index contributed by atoms with van der Waals surface area (Å²) in [5, 5.41) is 15.0. The Kier molecular flexibility index (Phi) is 6.30. The predicted octanol–water partition coefficient (Wildman–Crippen LogP) is 4.36. The first kappa shape index (κ1) is 18.5. The van der Waals surface area contributed by atoms with Gasteiger partial charge in [0.25, 0.3) is 6.47 Å². The van der Waals surface area contributed by atoms with Crippen LogP contribution < -0.4 is 5.32 Å². The molecule has 2 N–H and O–H groups in total. The molecule has 26 heavy (non-hydrogen) atoms. The summed E-state index contributed by atoms with van der Waals surface area (Å²) in [6.45, 7) is 1.66. The SMILES string of the molecule is O=CO.SC(c1ccsc1C1=NCCCN1)c1cccc2ccccc12. The van der Waals surface area contributed by atoms with E-state index in [9.17, 15) is 0 Å². The molecular weight excluding hydrogens is 364 g/mol. The molecule has 0 spiro atoms. The van der Waals surface area contributed by atoms with Crippen LogP contribution >= 0.6 is 24.0 Å². The van der Waals surface area contributed by atoms with E-state index < -0.39 is 0 Å². The van der Waals surface area contributed by atoms with E-state index in [1.165, 1.54) is 26.8 Å². The lowest BCUT2D eigenvalue weighted by Crippen LogP contribution is -2.30. The number of carbonyl (C=O) groups is 1. The Hall–Kier alpha value is -2.31. The van der Waals surface area contributed by atoms with Gasteiger partial charge in [-0.25, -0.2) is 0 Å². The minimum absolute atomic E-state index is 0.0498. The molecule has 2 aromatic carbocycles. The third kappa shape index (κ3) is 3.92. The molecule has 1 aliphatic rings. The highest BCUT2D eigenvalue weighted by molar-refractivity contribution is 7.80. The van der Waals surface area contributed by atoms with E-state index in [1.54, 1.807) is 11.3 Å². The summed E-state index contributed by atoms with van der Waals surface area (Å²) < 4.78 is 0. The van der Waals surface area contributed by atoms with Crippen LogP contribution in [-0.2, 0) is 4.79 Å². The monoisotopic (exact) mass is 384 g/mol. The Balaban J connectivity index is 0.000000613. The lowest BCUT2D eigenvalue weighted by Gasteiger charge is -2.18. The molecule has 1 atom stereocenters. The van der Waals surface area contributed by atoms with Crippen LogP contribution in [0.3, 0.4) is 0 Å². The van der Waals surface area contributed by atoms with Crippen LogP contribution in [0.15, 0.2) is 58.9 Å². The average molecular weight is 385 g/mol. The number of thiol groups is 1. The molecule has 3 aromatic rings. The van der Waals surface area contributed by atoms with E-state index in [4.69, 9.17) is 22.5 Å². The molecule has 0 radical (unpaired) electrons. The van der Waals surface area contributed by atoms with Crippen molar-refractivity contribution in [2.75, 3.05) is 13.1 Å². The Morgan fingerprint density at radius 1 is 1.15 bits per heavy atom. The summed E-state index contributed by atoms with van der Waals surface area (Å²) in [6, 6.07) is 17.1. The van der Waals surface area contributed by atoms with Gasteiger partial charge in [-0.05, 0) is 39.8 Å². The van der Waals surface area contributed by atoms with Crippen LogP contribution in [-0.4, -0.2) is 30.5 Å². The number of aliphatic imine (C=N–C) groups is 1. The minimum Gasteiger partial charge on any atom is -0.483 e. The van der Waals surface area contributed by atoms with E-state index in [1.807, 2.05) is 0 Å². The normalized spacial score (nSPS) is 14.6. The van der Waals surface area contributed by atoms with Crippen LogP contribution in [0.4, 0.5) is 0 Å². The Bertz CT molecular complexity index is 916. The van der Waals surface area contributed by atoms with Gasteiger partial charge in [-0.3, -0.25) is 9.79 Å². The molecule has 1 unspecified atom stereocenters. The molecule has 1 aromatic heterocycles. The summed E-state index contributed by atoms with van der Waals surface area (Å²) >= 11 is 6.71. The van der Waals surface area contributed by atoms with Gasteiger partial charge in [0.1, 0.15) is 5.84 Å². The molecule has 1 aliphatic heterocycles. The zero-order chi connectivity index (χ0) is 18.4. The number of fused-ring (bicyclic) bond motifs is 1. The number of hydrogen-bond acceptors (Lipinski definition) is 5. The quantitative estimate of drug-likeness (QED) is 0.464. The van der Waals surface area contributed by atoms with Crippen molar-refractivity contribution in [3.05, 3.63) is 69.9 Å². The molecule has 4 rings (SSSR count). The summed E-state index contributed by atoms with van der Waals surface area (Å²) in [7, 11) is 0. The molecule has 0 aliphatic carbocycles. The highest BCUT2D eigenvalue weighted by Crippen LogP contribution is 2.37. The van der Waals surface area contributed by atoms with Crippen LogP contribution in [0.2, 0.25) is 0 Å². The Labute approximate surface area is 162 Å². The average Bonchev–Trinajstić information content (AvgIpc) is 3.18. The van der Waals surface area contributed by atoms with Crippen LogP contribution in [0.25, 0.3) is 10.8 Å². The van der Waals surface area contributed by atoms with Crippen molar-refractivity contribution >= 4 is 47.0 Å². The number of nitrogens with one attached hydrogen (secondary N) is 1. The van der Waals surface area contributed by atoms with Gasteiger partial charge in [0.2, 0.25) is 0 Å². The third-order valence-corrected chi connectivity index (χ3v) is 5.71. The number of nitrogens with zero attached hydrogens (tertiary/aromatic N) is 1. The Morgan fingerprint density at radius 2 is 1.92 bits per heavy atom. The minimum atomic E-state index is -0.250. The van der Waals surface area contributed by atoms with Gasteiger partial charge < -0.3 is 10.4 Å². The molecule has 2 heterocycles. The van der Waals surface area contributed by atoms with Gasteiger partial charge in [0.15, 0.2) is 0 Å². The maximum atomic E-state index is 8.36. The zero-order valence-corrected chi connectivity index (χ0v) is 15.8. The van der Waals surface area contributed by atoms with Crippen molar-refractivity contribution in [1.29, 1.82) is 0 Å². The second-order valence-electron chi connectivity index (χ2n) is 5.79. The summed E-state index contributed by atoms with van der Waals surface area (Å²) in [4.78, 5) is 14.2. The first-order valence-corrected chi connectivity index (χ1v) is 9.75. The van der Waals surface area contributed by atoms with E-state index in [0.717, 1.165) is 25.3 Å². The number of carboxylic acid groups (broad SMARTS) is 1. The second kappa shape index (κ2) is 8.87. The van der Waals surface area contributed by atoms with Gasteiger partial charge in [-0.15, -0.1) is 11.3 Å². The number of hydrogen-bond donors (Lipinski definition) is 3. The maximum Gasteiger partial charge on any atom is 0.290 e. The van der Waals surface area contributed by atoms with Gasteiger partial charge in [-0.1, -0.05) is 42.5 Å². The topological polar surface area (TPSA) is 61.7 Å². The number of amidine groups is 1. The number of rotatable bonds is 3. The molecule has 0 fully saturated rings. The molecule has 0 saturated carbocycles. The van der Waals surface area contributed by atoms with E-state index >= 15 is 0 Å². The summed E-state index contributed by atoms with van der Waals surface area (Å²) in [5.74, 6) is 1.03. The zero-order valence-electron chi connectivity index (χ0n) is 14.1. The van der Waals surface area contributed by atoms with Gasteiger partial charge in [-0.2, -0.15) is 12.6 Å². The molecule has 0 bridgehead atoms. The van der Waals surface area contributed by atoms with Crippen molar-refractivity contribution in [1.82, 2.24) is 5.32 Å². The van der Waals surface area contributed by atoms with Gasteiger partial charge in [0, 0.05) is 13.1 Å². The van der Waals surface area contributed by atoms with Gasteiger partial charge in [0.05, 0.1) is 10.1 Å². The number of thiophene rings is 1. The smallest absolute Gasteiger partial charge is 0.290 e. The molecular formula is C20H20N2O2S2. The van der Waals surface area contributed by atoms with Crippen molar-refractivity contribution in [2.45, 2.75) is 11.7 Å².